The molecule has 0 aliphatic rings. The lowest BCUT2D eigenvalue weighted by molar-refractivity contribution is 0.915. The van der Waals surface area contributed by atoms with Crippen molar-refractivity contribution in [3.63, 3.8) is 0 Å². The van der Waals surface area contributed by atoms with Crippen LogP contribution in [0.15, 0.2) is 48.5 Å². The molecule has 0 atom stereocenters. The molecule has 0 unspecified atom stereocenters. The molecule has 2 N–H and O–H groups in total. The van der Waals surface area contributed by atoms with Gasteiger partial charge in [-0.2, -0.15) is 0 Å². The Morgan fingerprint density at radius 3 is 2.40 bits per heavy atom. The van der Waals surface area contributed by atoms with E-state index in [1.54, 1.807) is 0 Å². The van der Waals surface area contributed by atoms with Gasteiger partial charge < -0.3 is 10.6 Å². The molecule has 0 saturated carbocycles. The lowest BCUT2D eigenvalue weighted by Gasteiger charge is -2.12. The highest BCUT2D eigenvalue weighted by molar-refractivity contribution is 7.80. The minimum Gasteiger partial charge on any atom is -0.358 e. The second-order valence-corrected chi connectivity index (χ2v) is 5.19. The summed E-state index contributed by atoms with van der Waals surface area (Å²) in [5, 5.41) is 7.09. The van der Waals surface area contributed by atoms with Gasteiger partial charge in [0.25, 0.3) is 0 Å². The van der Waals surface area contributed by atoms with Crippen molar-refractivity contribution < 1.29 is 0 Å². The Balaban J connectivity index is 1.87. The lowest BCUT2D eigenvalue weighted by Crippen LogP contribution is -2.28. The Bertz CT molecular complexity index is 576. The molecule has 2 aromatic rings. The summed E-state index contributed by atoms with van der Waals surface area (Å²) in [5.41, 5.74) is 4.88. The van der Waals surface area contributed by atoms with Gasteiger partial charge in [-0.15, -0.1) is 0 Å². The number of hydrogen-bond acceptors (Lipinski definition) is 1. The zero-order chi connectivity index (χ0) is 14.4. The molecule has 0 aliphatic heterocycles. The molecular formula is C17H20N2S. The Morgan fingerprint density at radius 1 is 1.05 bits per heavy atom. The van der Waals surface area contributed by atoms with Crippen molar-refractivity contribution in [1.82, 2.24) is 5.32 Å². The molecule has 20 heavy (non-hydrogen) atoms. The Morgan fingerprint density at radius 2 is 1.75 bits per heavy atom. The molecule has 0 bridgehead atoms. The van der Waals surface area contributed by atoms with Crippen molar-refractivity contribution in [3.8, 4) is 0 Å². The van der Waals surface area contributed by atoms with Gasteiger partial charge in [0, 0.05) is 12.2 Å². The van der Waals surface area contributed by atoms with Crippen LogP contribution in [0.1, 0.15) is 23.6 Å². The van der Waals surface area contributed by atoms with Gasteiger partial charge in [0.05, 0.1) is 0 Å². The van der Waals surface area contributed by atoms with Gasteiger partial charge in [-0.3, -0.25) is 0 Å². The van der Waals surface area contributed by atoms with Crippen molar-refractivity contribution in [2.45, 2.75) is 26.8 Å². The number of anilines is 1. The fraction of sp³-hybridized carbons (Fsp3) is 0.235. The number of aryl methyl sites for hydroxylation is 2. The summed E-state index contributed by atoms with van der Waals surface area (Å²) in [6.07, 6.45) is 1.05. The maximum atomic E-state index is 5.32. The first kappa shape index (κ1) is 14.5. The second kappa shape index (κ2) is 7.06. The third-order valence-electron chi connectivity index (χ3n) is 3.32. The van der Waals surface area contributed by atoms with Gasteiger partial charge in [-0.25, -0.2) is 0 Å². The van der Waals surface area contributed by atoms with Gasteiger partial charge >= 0.3 is 0 Å². The molecule has 0 aromatic heterocycles. The van der Waals surface area contributed by atoms with Crippen molar-refractivity contribution in [1.29, 1.82) is 0 Å². The third kappa shape index (κ3) is 4.07. The van der Waals surface area contributed by atoms with Crippen LogP contribution >= 0.6 is 12.2 Å². The molecule has 3 heteroatoms. The molecule has 0 radical (unpaired) electrons. The smallest absolute Gasteiger partial charge is 0.171 e. The number of nitrogens with one attached hydrogen (secondary N) is 2. The highest BCUT2D eigenvalue weighted by atomic mass is 32.1. The van der Waals surface area contributed by atoms with E-state index in [0.717, 1.165) is 18.7 Å². The van der Waals surface area contributed by atoms with Crippen LogP contribution in [0, 0.1) is 6.92 Å². The average Bonchev–Trinajstić information content (AvgIpc) is 2.47. The van der Waals surface area contributed by atoms with Crippen molar-refractivity contribution in [2.75, 3.05) is 5.32 Å². The summed E-state index contributed by atoms with van der Waals surface area (Å²) in [7, 11) is 0. The van der Waals surface area contributed by atoms with Crippen LogP contribution < -0.4 is 10.6 Å². The summed E-state index contributed by atoms with van der Waals surface area (Å²) in [6.45, 7) is 5.00. The van der Waals surface area contributed by atoms with Gasteiger partial charge in [0.15, 0.2) is 5.11 Å². The topological polar surface area (TPSA) is 24.1 Å². The Labute approximate surface area is 126 Å². The van der Waals surface area contributed by atoms with E-state index < -0.39 is 0 Å². The van der Waals surface area contributed by atoms with E-state index in [1.807, 2.05) is 12.1 Å². The number of thiocarbonyl (C=S) groups is 1. The minimum absolute atomic E-state index is 0.650. The second-order valence-electron chi connectivity index (χ2n) is 4.78. The zero-order valence-corrected chi connectivity index (χ0v) is 12.8. The first-order valence-electron chi connectivity index (χ1n) is 6.87. The van der Waals surface area contributed by atoms with Gasteiger partial charge in [-0.05, 0) is 54.4 Å². The van der Waals surface area contributed by atoms with E-state index in [1.165, 1.54) is 16.7 Å². The predicted molar refractivity (Wildman–Crippen MR) is 90.1 cm³/mol. The zero-order valence-electron chi connectivity index (χ0n) is 11.9. The fourth-order valence-electron chi connectivity index (χ4n) is 1.98. The van der Waals surface area contributed by atoms with Crippen LogP contribution in [-0.4, -0.2) is 5.11 Å². The molecule has 2 aromatic carbocycles. The predicted octanol–water partition coefficient (Wildman–Crippen LogP) is 4.04. The van der Waals surface area contributed by atoms with E-state index >= 15 is 0 Å². The van der Waals surface area contributed by atoms with E-state index in [2.05, 4.69) is 60.9 Å². The van der Waals surface area contributed by atoms with E-state index in [9.17, 15) is 0 Å². The molecule has 0 saturated heterocycles. The quantitative estimate of drug-likeness (QED) is 0.828. The van der Waals surface area contributed by atoms with E-state index in [0.29, 0.717) is 5.11 Å². The fourth-order valence-corrected chi connectivity index (χ4v) is 2.17. The van der Waals surface area contributed by atoms with Crippen LogP contribution in [0.25, 0.3) is 0 Å². The highest BCUT2D eigenvalue weighted by Crippen LogP contribution is 2.10. The first-order chi connectivity index (χ1) is 9.69. The van der Waals surface area contributed by atoms with Crippen molar-refractivity contribution in [3.05, 3.63) is 65.2 Å². The monoisotopic (exact) mass is 284 g/mol. The third-order valence-corrected chi connectivity index (χ3v) is 3.57. The first-order valence-corrected chi connectivity index (χ1v) is 7.28. The minimum atomic E-state index is 0.650. The highest BCUT2D eigenvalue weighted by Gasteiger charge is 2.00. The molecule has 2 rings (SSSR count). The van der Waals surface area contributed by atoms with Gasteiger partial charge in [-0.1, -0.05) is 43.3 Å². The Kier molecular flexibility index (Phi) is 5.13. The summed E-state index contributed by atoms with van der Waals surface area (Å²) >= 11 is 5.32. The molecule has 104 valence electrons. The van der Waals surface area contributed by atoms with E-state index in [-0.39, 0.29) is 0 Å². The molecule has 0 spiro atoms. The SMILES string of the molecule is CCc1ccc(NC(=S)NCc2ccccc2C)cc1. The van der Waals surface area contributed by atoms with Crippen molar-refractivity contribution >= 4 is 23.0 Å². The average molecular weight is 284 g/mol. The van der Waals surface area contributed by atoms with Gasteiger partial charge in [0.1, 0.15) is 0 Å². The van der Waals surface area contributed by atoms with Crippen LogP contribution in [0.5, 0.6) is 0 Å². The number of hydrogen-bond donors (Lipinski definition) is 2. The summed E-state index contributed by atoms with van der Waals surface area (Å²) in [4.78, 5) is 0. The van der Waals surface area contributed by atoms with E-state index in [4.69, 9.17) is 12.2 Å². The van der Waals surface area contributed by atoms with Gasteiger partial charge in [0.2, 0.25) is 0 Å². The number of rotatable bonds is 4. The Hall–Kier alpha value is -1.87. The molecule has 0 amide bonds. The molecule has 0 heterocycles. The normalized spacial score (nSPS) is 10.1. The molecule has 0 fully saturated rings. The molecular weight excluding hydrogens is 264 g/mol. The summed E-state index contributed by atoms with van der Waals surface area (Å²) < 4.78 is 0. The summed E-state index contributed by atoms with van der Waals surface area (Å²) in [6, 6.07) is 16.7. The maximum Gasteiger partial charge on any atom is 0.171 e. The largest absolute Gasteiger partial charge is 0.358 e. The van der Waals surface area contributed by atoms with Crippen molar-refractivity contribution in [2.24, 2.45) is 0 Å². The lowest BCUT2D eigenvalue weighted by atomic mass is 10.1. The summed E-state index contributed by atoms with van der Waals surface area (Å²) in [5.74, 6) is 0. The number of benzene rings is 2. The standard InChI is InChI=1S/C17H20N2S/c1-3-14-8-10-16(11-9-14)19-17(20)18-12-15-7-5-4-6-13(15)2/h4-11H,3,12H2,1-2H3,(H2,18,19,20). The van der Waals surface area contributed by atoms with Crippen LogP contribution in [0.2, 0.25) is 0 Å². The van der Waals surface area contributed by atoms with Crippen LogP contribution in [0.4, 0.5) is 5.69 Å². The molecule has 2 nitrogen and oxygen atoms in total. The maximum absolute atomic E-state index is 5.32. The van der Waals surface area contributed by atoms with Crippen LogP contribution in [0.3, 0.4) is 0 Å². The van der Waals surface area contributed by atoms with Crippen LogP contribution in [-0.2, 0) is 13.0 Å². The molecule has 0 aliphatic carbocycles.